The average Bonchev–Trinajstić information content (AvgIpc) is 3.12. The summed E-state index contributed by atoms with van der Waals surface area (Å²) in [5.74, 6) is 0.509. The van der Waals surface area contributed by atoms with Crippen molar-refractivity contribution in [1.82, 2.24) is 9.97 Å². The highest BCUT2D eigenvalue weighted by molar-refractivity contribution is 7.99. The first-order chi connectivity index (χ1) is 14.0. The molecule has 0 bridgehead atoms. The third-order valence-electron chi connectivity index (χ3n) is 5.30. The highest BCUT2D eigenvalue weighted by Crippen LogP contribution is 2.32. The van der Waals surface area contributed by atoms with Crippen LogP contribution in [0.5, 0.6) is 0 Å². The van der Waals surface area contributed by atoms with Crippen molar-refractivity contribution >= 4 is 39.3 Å². The summed E-state index contributed by atoms with van der Waals surface area (Å²) in [5, 5.41) is 3.01. The van der Waals surface area contributed by atoms with E-state index >= 15 is 0 Å². The molecule has 1 fully saturated rings. The number of ether oxygens (including phenoxy) is 1. The Morgan fingerprint density at radius 1 is 1.31 bits per heavy atom. The fraction of sp³-hybridized carbons (Fsp3) is 0.409. The van der Waals surface area contributed by atoms with Gasteiger partial charge < -0.3 is 9.72 Å². The number of benzene rings is 1. The second-order valence-electron chi connectivity index (χ2n) is 7.74. The minimum Gasteiger partial charge on any atom is -0.462 e. The normalized spacial score (nSPS) is 19.4. The fourth-order valence-electron chi connectivity index (χ4n) is 3.78. The molecule has 2 heterocycles. The second-order valence-corrected chi connectivity index (χ2v) is 9.56. The van der Waals surface area contributed by atoms with Crippen LogP contribution in [0.25, 0.3) is 21.3 Å². The Hall–Kier alpha value is -2.12. The second kappa shape index (κ2) is 8.71. The lowest BCUT2D eigenvalue weighted by Gasteiger charge is -2.26. The van der Waals surface area contributed by atoms with E-state index in [1.165, 1.54) is 35.1 Å². The lowest BCUT2D eigenvalue weighted by atomic mass is 9.89. The molecule has 0 amide bonds. The van der Waals surface area contributed by atoms with Crippen LogP contribution in [-0.2, 0) is 9.53 Å². The van der Waals surface area contributed by atoms with Crippen molar-refractivity contribution in [2.75, 3.05) is 5.75 Å². The topological polar surface area (TPSA) is 72.0 Å². The summed E-state index contributed by atoms with van der Waals surface area (Å²) < 4.78 is 5.60. The van der Waals surface area contributed by atoms with Crippen LogP contribution >= 0.6 is 23.1 Å². The first kappa shape index (κ1) is 20.2. The van der Waals surface area contributed by atoms with E-state index in [1.807, 2.05) is 36.6 Å². The minimum absolute atomic E-state index is 0.0238. The number of nitrogens with one attached hydrogen (secondary N) is 1. The minimum atomic E-state index is -0.247. The van der Waals surface area contributed by atoms with Crippen molar-refractivity contribution in [2.24, 2.45) is 5.92 Å². The zero-order valence-electron chi connectivity index (χ0n) is 16.6. The molecule has 1 aliphatic rings. The van der Waals surface area contributed by atoms with E-state index in [4.69, 9.17) is 4.74 Å². The molecule has 2 aromatic heterocycles. The van der Waals surface area contributed by atoms with Gasteiger partial charge in [0.2, 0.25) is 0 Å². The Labute approximate surface area is 177 Å². The van der Waals surface area contributed by atoms with Crippen LogP contribution in [0.15, 0.2) is 39.6 Å². The van der Waals surface area contributed by atoms with E-state index < -0.39 is 0 Å². The molecule has 3 aromatic rings. The van der Waals surface area contributed by atoms with Crippen molar-refractivity contribution in [3.63, 3.8) is 0 Å². The molecule has 29 heavy (non-hydrogen) atoms. The average molecular weight is 429 g/mol. The van der Waals surface area contributed by atoms with E-state index in [1.54, 1.807) is 0 Å². The van der Waals surface area contributed by atoms with E-state index in [0.717, 1.165) is 30.4 Å². The SMILES string of the molecule is Cc1ccc(-c2csc3nc(SCC(=O)OC4CCCC(C)C4)[nH]c(=O)c23)cc1. The van der Waals surface area contributed by atoms with Crippen LogP contribution in [0.2, 0.25) is 0 Å². The molecule has 152 valence electrons. The molecule has 0 saturated heterocycles. The van der Waals surface area contributed by atoms with Gasteiger partial charge in [0.1, 0.15) is 10.9 Å². The molecule has 1 aromatic carbocycles. The van der Waals surface area contributed by atoms with Gasteiger partial charge >= 0.3 is 5.97 Å². The summed E-state index contributed by atoms with van der Waals surface area (Å²) in [5.41, 5.74) is 2.89. The largest absolute Gasteiger partial charge is 0.462 e. The molecule has 4 rings (SSSR count). The number of fused-ring (bicyclic) bond motifs is 1. The van der Waals surface area contributed by atoms with Crippen molar-refractivity contribution < 1.29 is 9.53 Å². The van der Waals surface area contributed by atoms with Crippen LogP contribution in [0.1, 0.15) is 38.2 Å². The van der Waals surface area contributed by atoms with Crippen molar-refractivity contribution in [3.8, 4) is 11.1 Å². The maximum atomic E-state index is 12.7. The zero-order chi connectivity index (χ0) is 20.4. The molecule has 2 unspecified atom stereocenters. The van der Waals surface area contributed by atoms with E-state index in [2.05, 4.69) is 16.9 Å². The summed E-state index contributed by atoms with van der Waals surface area (Å²) in [6, 6.07) is 8.09. The lowest BCUT2D eigenvalue weighted by Crippen LogP contribution is -2.25. The molecular weight excluding hydrogens is 404 g/mol. The summed E-state index contributed by atoms with van der Waals surface area (Å²) in [4.78, 5) is 32.9. The molecule has 2 atom stereocenters. The number of aryl methyl sites for hydroxylation is 1. The number of aromatic nitrogens is 2. The highest BCUT2D eigenvalue weighted by Gasteiger charge is 2.22. The van der Waals surface area contributed by atoms with Gasteiger partial charge in [0.15, 0.2) is 5.16 Å². The van der Waals surface area contributed by atoms with Gasteiger partial charge in [-0.2, -0.15) is 0 Å². The molecule has 1 N–H and O–H groups in total. The molecule has 0 radical (unpaired) electrons. The van der Waals surface area contributed by atoms with Crippen molar-refractivity contribution in [1.29, 1.82) is 0 Å². The van der Waals surface area contributed by atoms with Gasteiger partial charge in [0, 0.05) is 10.9 Å². The summed E-state index contributed by atoms with van der Waals surface area (Å²) in [7, 11) is 0. The van der Waals surface area contributed by atoms with Crippen LogP contribution in [0, 0.1) is 12.8 Å². The van der Waals surface area contributed by atoms with Gasteiger partial charge in [-0.25, -0.2) is 4.98 Å². The Bertz CT molecular complexity index is 1070. The molecule has 0 spiro atoms. The van der Waals surface area contributed by atoms with Gasteiger partial charge in [0.05, 0.1) is 11.1 Å². The molecule has 0 aliphatic heterocycles. The predicted molar refractivity (Wildman–Crippen MR) is 119 cm³/mol. The lowest BCUT2D eigenvalue weighted by molar-refractivity contribution is -0.147. The number of thiophene rings is 1. The van der Waals surface area contributed by atoms with Gasteiger partial charge in [0.25, 0.3) is 5.56 Å². The third kappa shape index (κ3) is 4.73. The Kier molecular flexibility index (Phi) is 6.06. The van der Waals surface area contributed by atoms with E-state index in [0.29, 0.717) is 21.3 Å². The summed E-state index contributed by atoms with van der Waals surface area (Å²) in [6.45, 7) is 4.23. The van der Waals surface area contributed by atoms with E-state index in [9.17, 15) is 9.59 Å². The number of carbonyl (C=O) groups excluding carboxylic acids is 1. The maximum absolute atomic E-state index is 12.7. The van der Waals surface area contributed by atoms with Gasteiger partial charge in [-0.1, -0.05) is 54.9 Å². The maximum Gasteiger partial charge on any atom is 0.316 e. The van der Waals surface area contributed by atoms with Crippen LogP contribution in [0.4, 0.5) is 0 Å². The molecule has 1 saturated carbocycles. The van der Waals surface area contributed by atoms with Crippen LogP contribution < -0.4 is 5.56 Å². The number of hydrogen-bond donors (Lipinski definition) is 1. The Morgan fingerprint density at radius 2 is 2.10 bits per heavy atom. The van der Waals surface area contributed by atoms with Gasteiger partial charge in [-0.15, -0.1) is 11.3 Å². The Morgan fingerprint density at radius 3 is 2.86 bits per heavy atom. The van der Waals surface area contributed by atoms with Gasteiger partial charge in [-0.05, 0) is 37.7 Å². The quantitative estimate of drug-likeness (QED) is 0.345. The third-order valence-corrected chi connectivity index (χ3v) is 7.02. The standard InChI is InChI=1S/C22H24N2O3S2/c1-13-6-8-15(9-7-13)17-11-28-21-19(17)20(26)23-22(24-21)29-12-18(25)27-16-5-3-4-14(2)10-16/h6-9,11,14,16H,3-5,10,12H2,1-2H3,(H,23,24,26). The first-order valence-corrected chi connectivity index (χ1v) is 11.8. The number of hydrogen-bond acceptors (Lipinski definition) is 6. The zero-order valence-corrected chi connectivity index (χ0v) is 18.2. The van der Waals surface area contributed by atoms with Crippen molar-refractivity contribution in [3.05, 3.63) is 45.6 Å². The number of esters is 1. The highest BCUT2D eigenvalue weighted by atomic mass is 32.2. The monoisotopic (exact) mass is 428 g/mol. The molecule has 1 aliphatic carbocycles. The molecule has 7 heteroatoms. The fourth-order valence-corrected chi connectivity index (χ4v) is 5.42. The first-order valence-electron chi connectivity index (χ1n) is 9.90. The number of nitrogens with zero attached hydrogens (tertiary/aromatic N) is 1. The Balaban J connectivity index is 1.46. The summed E-state index contributed by atoms with van der Waals surface area (Å²) >= 11 is 2.66. The number of rotatable bonds is 5. The van der Waals surface area contributed by atoms with Gasteiger partial charge in [-0.3, -0.25) is 9.59 Å². The number of thioether (sulfide) groups is 1. The van der Waals surface area contributed by atoms with E-state index in [-0.39, 0.29) is 23.4 Å². The number of H-pyrrole nitrogens is 1. The number of aromatic amines is 1. The van der Waals surface area contributed by atoms with Crippen LogP contribution in [0.3, 0.4) is 0 Å². The summed E-state index contributed by atoms with van der Waals surface area (Å²) in [6.07, 6.45) is 4.22. The van der Waals surface area contributed by atoms with Crippen molar-refractivity contribution in [2.45, 2.75) is 50.8 Å². The van der Waals surface area contributed by atoms with Crippen LogP contribution in [-0.4, -0.2) is 27.8 Å². The predicted octanol–water partition coefficient (Wildman–Crippen LogP) is 5.17. The smallest absolute Gasteiger partial charge is 0.316 e. The molecular formula is C22H24N2O3S2. The molecule has 5 nitrogen and oxygen atoms in total. The number of carbonyl (C=O) groups is 1.